The predicted octanol–water partition coefficient (Wildman–Crippen LogP) is 3.16. The molecule has 0 saturated heterocycles. The molecule has 1 rings (SSSR count). The average molecular weight is 273 g/mol. The van der Waals surface area contributed by atoms with Gasteiger partial charge >= 0.3 is 0 Å². The highest BCUT2D eigenvalue weighted by molar-refractivity contribution is 6.30. The Morgan fingerprint density at radius 1 is 1.33 bits per heavy atom. The molecule has 0 radical (unpaired) electrons. The number of hydrogen-bond donors (Lipinski definition) is 1. The SMILES string of the molecule is CN(C)CC(C)(C)CNCc1ccc(Cl)c(F)c1. The summed E-state index contributed by atoms with van der Waals surface area (Å²) in [5, 5.41) is 3.53. The summed E-state index contributed by atoms with van der Waals surface area (Å²) in [6.07, 6.45) is 0. The number of nitrogens with zero attached hydrogens (tertiary/aromatic N) is 1. The van der Waals surface area contributed by atoms with Crippen LogP contribution in [0.3, 0.4) is 0 Å². The smallest absolute Gasteiger partial charge is 0.142 e. The van der Waals surface area contributed by atoms with Crippen molar-refractivity contribution in [2.24, 2.45) is 5.41 Å². The van der Waals surface area contributed by atoms with Gasteiger partial charge in [0.1, 0.15) is 5.82 Å². The summed E-state index contributed by atoms with van der Waals surface area (Å²) in [7, 11) is 4.13. The third kappa shape index (κ3) is 5.34. The molecule has 18 heavy (non-hydrogen) atoms. The molecule has 0 fully saturated rings. The van der Waals surface area contributed by atoms with Crippen LogP contribution < -0.4 is 5.32 Å². The van der Waals surface area contributed by atoms with Gasteiger partial charge in [-0.3, -0.25) is 0 Å². The van der Waals surface area contributed by atoms with Crippen LogP contribution in [0.15, 0.2) is 18.2 Å². The van der Waals surface area contributed by atoms with Crippen LogP contribution >= 0.6 is 11.6 Å². The van der Waals surface area contributed by atoms with Gasteiger partial charge in [0, 0.05) is 19.6 Å². The number of hydrogen-bond acceptors (Lipinski definition) is 2. The standard InChI is InChI=1S/C14H22ClFN2/c1-14(2,10-18(3)4)9-17-8-11-5-6-12(15)13(16)7-11/h5-7,17H,8-10H2,1-4H3. The van der Waals surface area contributed by atoms with E-state index in [1.807, 2.05) is 6.07 Å². The van der Waals surface area contributed by atoms with Crippen LogP contribution in [0.1, 0.15) is 19.4 Å². The van der Waals surface area contributed by atoms with Gasteiger partial charge in [0.2, 0.25) is 0 Å². The second-order valence-corrected chi connectivity index (χ2v) is 6.16. The maximum atomic E-state index is 13.2. The molecule has 0 spiro atoms. The zero-order valence-corrected chi connectivity index (χ0v) is 12.3. The summed E-state index contributed by atoms with van der Waals surface area (Å²) in [5.74, 6) is -0.358. The first-order valence-electron chi connectivity index (χ1n) is 6.09. The van der Waals surface area contributed by atoms with Gasteiger partial charge in [0.05, 0.1) is 5.02 Å². The van der Waals surface area contributed by atoms with E-state index in [4.69, 9.17) is 11.6 Å². The molecule has 0 amide bonds. The Balaban J connectivity index is 2.43. The van der Waals surface area contributed by atoms with Crippen molar-refractivity contribution in [1.29, 1.82) is 0 Å². The molecule has 1 aromatic rings. The zero-order valence-electron chi connectivity index (χ0n) is 11.6. The van der Waals surface area contributed by atoms with E-state index in [0.29, 0.717) is 6.54 Å². The highest BCUT2D eigenvalue weighted by atomic mass is 35.5. The topological polar surface area (TPSA) is 15.3 Å². The van der Waals surface area contributed by atoms with Crippen molar-refractivity contribution in [1.82, 2.24) is 10.2 Å². The largest absolute Gasteiger partial charge is 0.312 e. The van der Waals surface area contributed by atoms with Gasteiger partial charge < -0.3 is 10.2 Å². The summed E-state index contributed by atoms with van der Waals surface area (Å²) in [6, 6.07) is 4.92. The molecule has 0 atom stereocenters. The van der Waals surface area contributed by atoms with Crippen molar-refractivity contribution in [2.45, 2.75) is 20.4 Å². The third-order valence-corrected chi connectivity index (χ3v) is 2.97. The van der Waals surface area contributed by atoms with Crippen LogP contribution in [0.25, 0.3) is 0 Å². The third-order valence-electron chi connectivity index (χ3n) is 2.66. The molecule has 0 heterocycles. The van der Waals surface area contributed by atoms with Crippen LogP contribution in [0.5, 0.6) is 0 Å². The van der Waals surface area contributed by atoms with E-state index >= 15 is 0 Å². The van der Waals surface area contributed by atoms with Crippen molar-refractivity contribution in [3.05, 3.63) is 34.6 Å². The molecule has 2 nitrogen and oxygen atoms in total. The van der Waals surface area contributed by atoms with Crippen molar-refractivity contribution in [3.63, 3.8) is 0 Å². The number of rotatable bonds is 6. The second kappa shape index (κ2) is 6.50. The normalized spacial score (nSPS) is 12.2. The molecule has 0 aromatic heterocycles. The van der Waals surface area contributed by atoms with Gasteiger partial charge in [-0.05, 0) is 37.2 Å². The van der Waals surface area contributed by atoms with Crippen LogP contribution in [-0.4, -0.2) is 32.1 Å². The monoisotopic (exact) mass is 272 g/mol. The molecule has 4 heteroatoms. The molecule has 0 unspecified atom stereocenters. The molecule has 1 N–H and O–H groups in total. The first-order chi connectivity index (χ1) is 8.30. The number of nitrogens with one attached hydrogen (secondary N) is 1. The lowest BCUT2D eigenvalue weighted by Gasteiger charge is -2.28. The molecule has 0 aliphatic rings. The molecule has 0 saturated carbocycles. The van der Waals surface area contributed by atoms with Gasteiger partial charge in [-0.25, -0.2) is 4.39 Å². The second-order valence-electron chi connectivity index (χ2n) is 5.75. The Kier molecular flexibility index (Phi) is 5.57. The fourth-order valence-corrected chi connectivity index (χ4v) is 2.22. The van der Waals surface area contributed by atoms with E-state index < -0.39 is 0 Å². The Morgan fingerprint density at radius 2 is 2.00 bits per heavy atom. The summed E-state index contributed by atoms with van der Waals surface area (Å²) in [4.78, 5) is 2.17. The lowest BCUT2D eigenvalue weighted by Crippen LogP contribution is -2.37. The Hall–Kier alpha value is -0.640. The summed E-state index contributed by atoms with van der Waals surface area (Å²) in [5.41, 5.74) is 1.10. The van der Waals surface area contributed by atoms with Crippen LogP contribution in [-0.2, 0) is 6.54 Å². The molecular weight excluding hydrogens is 251 g/mol. The summed E-state index contributed by atoms with van der Waals surface area (Å²) < 4.78 is 13.2. The molecule has 1 aromatic carbocycles. The average Bonchev–Trinajstić information content (AvgIpc) is 2.21. The fourth-order valence-electron chi connectivity index (χ4n) is 2.11. The van der Waals surface area contributed by atoms with E-state index in [1.54, 1.807) is 6.07 Å². The van der Waals surface area contributed by atoms with Gasteiger partial charge in [0.15, 0.2) is 0 Å². The highest BCUT2D eigenvalue weighted by Crippen LogP contribution is 2.17. The zero-order chi connectivity index (χ0) is 13.8. The van der Waals surface area contributed by atoms with Gasteiger partial charge in [0.25, 0.3) is 0 Å². The van der Waals surface area contributed by atoms with Crippen LogP contribution in [0, 0.1) is 11.2 Å². The fraction of sp³-hybridized carbons (Fsp3) is 0.571. The Labute approximate surface area is 114 Å². The molecular formula is C14H22ClFN2. The van der Waals surface area contributed by atoms with Gasteiger partial charge in [-0.15, -0.1) is 0 Å². The van der Waals surface area contributed by atoms with Crippen molar-refractivity contribution < 1.29 is 4.39 Å². The quantitative estimate of drug-likeness (QED) is 0.856. The van der Waals surface area contributed by atoms with Crippen molar-refractivity contribution in [2.75, 3.05) is 27.2 Å². The van der Waals surface area contributed by atoms with Gasteiger partial charge in [-0.2, -0.15) is 0 Å². The molecule has 0 aliphatic heterocycles. The van der Waals surface area contributed by atoms with E-state index in [2.05, 4.69) is 38.2 Å². The summed E-state index contributed by atoms with van der Waals surface area (Å²) >= 11 is 5.64. The maximum absolute atomic E-state index is 13.2. The van der Waals surface area contributed by atoms with E-state index in [-0.39, 0.29) is 16.3 Å². The first-order valence-corrected chi connectivity index (χ1v) is 6.47. The minimum absolute atomic E-state index is 0.173. The van der Waals surface area contributed by atoms with Crippen molar-refractivity contribution >= 4 is 11.6 Å². The van der Waals surface area contributed by atoms with E-state index in [1.165, 1.54) is 6.07 Å². The minimum Gasteiger partial charge on any atom is -0.312 e. The van der Waals surface area contributed by atoms with E-state index in [9.17, 15) is 4.39 Å². The van der Waals surface area contributed by atoms with Crippen LogP contribution in [0.4, 0.5) is 4.39 Å². The molecule has 0 aliphatic carbocycles. The van der Waals surface area contributed by atoms with Crippen LogP contribution in [0.2, 0.25) is 5.02 Å². The first kappa shape index (κ1) is 15.4. The maximum Gasteiger partial charge on any atom is 0.142 e. The van der Waals surface area contributed by atoms with Crippen molar-refractivity contribution in [3.8, 4) is 0 Å². The highest BCUT2D eigenvalue weighted by Gasteiger charge is 2.18. The number of benzene rings is 1. The summed E-state index contributed by atoms with van der Waals surface area (Å²) in [6.45, 7) is 6.97. The van der Waals surface area contributed by atoms with E-state index in [0.717, 1.165) is 18.7 Å². The number of halogens is 2. The Bertz CT molecular complexity index is 391. The minimum atomic E-state index is -0.358. The Morgan fingerprint density at radius 3 is 2.56 bits per heavy atom. The lowest BCUT2D eigenvalue weighted by molar-refractivity contribution is 0.232. The predicted molar refractivity (Wildman–Crippen MR) is 75.5 cm³/mol. The lowest BCUT2D eigenvalue weighted by atomic mass is 9.93. The molecule has 102 valence electrons. The van der Waals surface area contributed by atoms with Gasteiger partial charge in [-0.1, -0.05) is 31.5 Å². The molecule has 0 bridgehead atoms.